The normalized spacial score (nSPS) is 17.6. The van der Waals surface area contributed by atoms with Gasteiger partial charge in [-0.2, -0.15) is 0 Å². The second kappa shape index (κ2) is 8.25. The van der Waals surface area contributed by atoms with E-state index in [-0.39, 0.29) is 6.04 Å². The molecular weight excluding hydrogens is 270 g/mol. The molecule has 0 radical (unpaired) electrons. The average molecular weight is 294 g/mol. The Morgan fingerprint density at radius 3 is 2.43 bits per heavy atom. The molecule has 1 N–H and O–H groups in total. The number of hydrogen-bond acceptors (Lipinski definition) is 2. The van der Waals surface area contributed by atoms with E-state index in [1.807, 2.05) is 6.08 Å². The van der Waals surface area contributed by atoms with Crippen LogP contribution < -0.4 is 5.32 Å². The summed E-state index contributed by atoms with van der Waals surface area (Å²) in [5.41, 5.74) is 0.757. The summed E-state index contributed by atoms with van der Waals surface area (Å²) in [6, 6.07) is 3.99. The molecule has 1 aliphatic rings. The van der Waals surface area contributed by atoms with E-state index in [1.54, 1.807) is 0 Å². The van der Waals surface area contributed by atoms with Crippen LogP contribution in [0.1, 0.15) is 37.3 Å². The highest BCUT2D eigenvalue weighted by Gasteiger charge is 2.22. The maximum absolute atomic E-state index is 13.5. The summed E-state index contributed by atoms with van der Waals surface area (Å²) in [4.78, 5) is 2.33. The Morgan fingerprint density at radius 1 is 1.14 bits per heavy atom. The molecule has 0 aliphatic carbocycles. The Bertz CT molecular complexity index is 436. The molecule has 1 heterocycles. The van der Waals surface area contributed by atoms with Gasteiger partial charge in [0.15, 0.2) is 0 Å². The predicted octanol–water partition coefficient (Wildman–Crippen LogP) is 3.66. The van der Waals surface area contributed by atoms with Crippen LogP contribution in [-0.4, -0.2) is 31.1 Å². The summed E-state index contributed by atoms with van der Waals surface area (Å²) in [6.45, 7) is 7.44. The molecule has 1 aromatic carbocycles. The van der Waals surface area contributed by atoms with Crippen LogP contribution in [-0.2, 0) is 0 Å². The molecule has 4 heteroatoms. The number of hydrogen-bond donors (Lipinski definition) is 1. The number of piperazine rings is 1. The molecule has 0 amide bonds. The number of benzene rings is 1. The molecule has 0 unspecified atom stereocenters. The average Bonchev–Trinajstić information content (AvgIpc) is 2.47. The van der Waals surface area contributed by atoms with Crippen LogP contribution in [0.25, 0.3) is 0 Å². The molecule has 2 nitrogen and oxygen atoms in total. The molecule has 1 aliphatic heterocycles. The molecule has 0 aromatic heterocycles. The van der Waals surface area contributed by atoms with Crippen molar-refractivity contribution >= 4 is 0 Å². The molecule has 1 fully saturated rings. The van der Waals surface area contributed by atoms with Crippen molar-refractivity contribution in [3.8, 4) is 0 Å². The smallest absolute Gasteiger partial charge is 0.126 e. The zero-order valence-corrected chi connectivity index (χ0v) is 12.5. The van der Waals surface area contributed by atoms with E-state index in [2.05, 4.69) is 16.8 Å². The maximum Gasteiger partial charge on any atom is 0.126 e. The first-order valence-corrected chi connectivity index (χ1v) is 7.72. The minimum atomic E-state index is -0.490. The van der Waals surface area contributed by atoms with Crippen molar-refractivity contribution in [1.29, 1.82) is 0 Å². The second-order valence-corrected chi connectivity index (χ2v) is 5.58. The van der Waals surface area contributed by atoms with Crippen molar-refractivity contribution in [2.45, 2.75) is 31.7 Å². The predicted molar refractivity (Wildman–Crippen MR) is 82.2 cm³/mol. The van der Waals surface area contributed by atoms with Gasteiger partial charge in [0.1, 0.15) is 11.6 Å². The zero-order chi connectivity index (χ0) is 15.1. The summed E-state index contributed by atoms with van der Waals surface area (Å²) in [5.74, 6) is -0.979. The van der Waals surface area contributed by atoms with E-state index in [0.29, 0.717) is 0 Å². The Balaban J connectivity index is 2.10. The van der Waals surface area contributed by atoms with Crippen molar-refractivity contribution < 1.29 is 8.78 Å². The van der Waals surface area contributed by atoms with Gasteiger partial charge in [-0.1, -0.05) is 12.5 Å². The molecule has 2 rings (SSSR count). The minimum absolute atomic E-state index is 0.0992. The lowest BCUT2D eigenvalue weighted by Gasteiger charge is -2.35. The van der Waals surface area contributed by atoms with Crippen LogP contribution in [0.2, 0.25) is 0 Å². The number of allylic oxidation sites excluding steroid dienone is 1. The van der Waals surface area contributed by atoms with E-state index >= 15 is 0 Å². The summed E-state index contributed by atoms with van der Waals surface area (Å²) in [5, 5.41) is 3.32. The molecule has 116 valence electrons. The number of rotatable bonds is 7. The SMILES string of the molecule is C=CCCCC[C@H](c1cc(F)cc(F)c1)N1CCNCC1. The lowest BCUT2D eigenvalue weighted by Crippen LogP contribution is -2.45. The quantitative estimate of drug-likeness (QED) is 0.610. The maximum atomic E-state index is 13.5. The lowest BCUT2D eigenvalue weighted by molar-refractivity contribution is 0.162. The monoisotopic (exact) mass is 294 g/mol. The third-order valence-corrected chi connectivity index (χ3v) is 4.00. The fourth-order valence-electron chi connectivity index (χ4n) is 2.95. The van der Waals surface area contributed by atoms with Crippen LogP contribution in [0.15, 0.2) is 30.9 Å². The highest BCUT2D eigenvalue weighted by atomic mass is 19.1. The van der Waals surface area contributed by atoms with Gasteiger partial charge in [-0.05, 0) is 37.0 Å². The highest BCUT2D eigenvalue weighted by Crippen LogP contribution is 2.28. The van der Waals surface area contributed by atoms with Crippen molar-refractivity contribution in [3.63, 3.8) is 0 Å². The first-order valence-electron chi connectivity index (χ1n) is 7.72. The summed E-state index contributed by atoms with van der Waals surface area (Å²) in [7, 11) is 0. The van der Waals surface area contributed by atoms with Crippen LogP contribution in [0.4, 0.5) is 8.78 Å². The zero-order valence-electron chi connectivity index (χ0n) is 12.5. The van der Waals surface area contributed by atoms with Gasteiger partial charge in [0.25, 0.3) is 0 Å². The number of nitrogens with zero attached hydrogens (tertiary/aromatic N) is 1. The van der Waals surface area contributed by atoms with Crippen LogP contribution >= 0.6 is 0 Å². The fourth-order valence-corrected chi connectivity index (χ4v) is 2.95. The standard InChI is InChI=1S/C17H24F2N2/c1-2-3-4-5-6-17(21-9-7-20-8-10-21)14-11-15(18)13-16(19)12-14/h2,11-13,17,20H,1,3-10H2/t17-/m1/s1. The van der Waals surface area contributed by atoms with Crippen molar-refractivity contribution in [2.24, 2.45) is 0 Å². The Labute approximate surface area is 125 Å². The Morgan fingerprint density at radius 2 is 1.81 bits per heavy atom. The number of halogens is 2. The summed E-state index contributed by atoms with van der Waals surface area (Å²) in [6.07, 6.45) is 5.95. The molecule has 0 spiro atoms. The Kier molecular flexibility index (Phi) is 6.33. The van der Waals surface area contributed by atoms with Gasteiger partial charge in [0, 0.05) is 38.3 Å². The number of unbranched alkanes of at least 4 members (excludes halogenated alkanes) is 2. The third kappa shape index (κ3) is 4.90. The van der Waals surface area contributed by atoms with Crippen molar-refractivity contribution in [3.05, 3.63) is 48.1 Å². The van der Waals surface area contributed by atoms with Gasteiger partial charge < -0.3 is 5.32 Å². The highest BCUT2D eigenvalue weighted by molar-refractivity contribution is 5.21. The second-order valence-electron chi connectivity index (χ2n) is 5.58. The van der Waals surface area contributed by atoms with Crippen LogP contribution in [0.3, 0.4) is 0 Å². The third-order valence-electron chi connectivity index (χ3n) is 4.00. The van der Waals surface area contributed by atoms with E-state index in [9.17, 15) is 8.78 Å². The van der Waals surface area contributed by atoms with Gasteiger partial charge in [-0.3, -0.25) is 4.90 Å². The van der Waals surface area contributed by atoms with Gasteiger partial charge in [0.05, 0.1) is 0 Å². The number of nitrogens with one attached hydrogen (secondary N) is 1. The minimum Gasteiger partial charge on any atom is -0.314 e. The lowest BCUT2D eigenvalue weighted by atomic mass is 9.97. The molecule has 0 saturated carbocycles. The van der Waals surface area contributed by atoms with E-state index in [0.717, 1.165) is 63.5 Å². The first kappa shape index (κ1) is 16.1. The molecule has 21 heavy (non-hydrogen) atoms. The first-order chi connectivity index (χ1) is 10.2. The van der Waals surface area contributed by atoms with Gasteiger partial charge in [-0.25, -0.2) is 8.78 Å². The fraction of sp³-hybridized carbons (Fsp3) is 0.529. The summed E-state index contributed by atoms with van der Waals surface area (Å²) < 4.78 is 27.0. The van der Waals surface area contributed by atoms with Crippen molar-refractivity contribution in [1.82, 2.24) is 10.2 Å². The van der Waals surface area contributed by atoms with Gasteiger partial charge in [-0.15, -0.1) is 6.58 Å². The topological polar surface area (TPSA) is 15.3 Å². The van der Waals surface area contributed by atoms with Gasteiger partial charge >= 0.3 is 0 Å². The molecule has 1 atom stereocenters. The van der Waals surface area contributed by atoms with Crippen molar-refractivity contribution in [2.75, 3.05) is 26.2 Å². The van der Waals surface area contributed by atoms with E-state index in [4.69, 9.17) is 0 Å². The largest absolute Gasteiger partial charge is 0.314 e. The van der Waals surface area contributed by atoms with Crippen LogP contribution in [0.5, 0.6) is 0 Å². The molecule has 1 aromatic rings. The van der Waals surface area contributed by atoms with Gasteiger partial charge in [0.2, 0.25) is 0 Å². The summed E-state index contributed by atoms with van der Waals surface area (Å²) >= 11 is 0. The van der Waals surface area contributed by atoms with Crippen LogP contribution in [0, 0.1) is 11.6 Å². The van der Waals surface area contributed by atoms with E-state index < -0.39 is 11.6 Å². The Hall–Kier alpha value is -1.26. The molecule has 0 bridgehead atoms. The molecular formula is C17H24F2N2. The molecule has 1 saturated heterocycles. The van der Waals surface area contributed by atoms with E-state index in [1.165, 1.54) is 12.1 Å².